The SMILES string of the molecule is Cc1ccc(S(=O)(=O)Nc2ccc(NC(=O)C=Cc3ccc4c(c3)OCO4)cc2)cc1. The first-order valence-corrected chi connectivity index (χ1v) is 11.0. The number of hydrogen-bond acceptors (Lipinski definition) is 5. The van der Waals surface area contributed by atoms with Crippen molar-refractivity contribution in [2.24, 2.45) is 0 Å². The maximum absolute atomic E-state index is 12.5. The average molecular weight is 436 g/mol. The molecule has 0 aliphatic carbocycles. The van der Waals surface area contributed by atoms with Gasteiger partial charge in [-0.25, -0.2) is 8.42 Å². The number of nitrogens with one attached hydrogen (secondary N) is 2. The Morgan fingerprint density at radius 2 is 1.58 bits per heavy atom. The standard InChI is InChI=1S/C23H20N2O5S/c1-16-2-10-20(11-3-16)31(27,28)25-19-8-6-18(7-9-19)24-23(26)13-5-17-4-12-21-22(14-17)30-15-29-21/h2-14,25H,15H2,1H3,(H,24,26). The van der Waals surface area contributed by atoms with Gasteiger partial charge in [0.1, 0.15) is 0 Å². The molecule has 1 aliphatic rings. The molecule has 0 bridgehead atoms. The minimum Gasteiger partial charge on any atom is -0.454 e. The van der Waals surface area contributed by atoms with Gasteiger partial charge < -0.3 is 14.8 Å². The third-order valence-corrected chi connectivity index (χ3v) is 5.96. The van der Waals surface area contributed by atoms with Gasteiger partial charge in [0.2, 0.25) is 12.7 Å². The van der Waals surface area contributed by atoms with Gasteiger partial charge in [0.15, 0.2) is 11.5 Å². The molecule has 0 radical (unpaired) electrons. The molecular formula is C23H20N2O5S. The Morgan fingerprint density at radius 1 is 0.903 bits per heavy atom. The predicted molar refractivity (Wildman–Crippen MR) is 119 cm³/mol. The number of carbonyl (C=O) groups is 1. The van der Waals surface area contributed by atoms with Gasteiger partial charge in [0, 0.05) is 17.5 Å². The maximum Gasteiger partial charge on any atom is 0.261 e. The molecule has 8 heteroatoms. The van der Waals surface area contributed by atoms with Crippen LogP contribution in [0.3, 0.4) is 0 Å². The number of benzene rings is 3. The van der Waals surface area contributed by atoms with E-state index in [1.807, 2.05) is 13.0 Å². The second kappa shape index (κ2) is 8.53. The Kier molecular flexibility index (Phi) is 5.64. The molecule has 0 unspecified atom stereocenters. The Hall–Kier alpha value is -3.78. The van der Waals surface area contributed by atoms with Crippen LogP contribution in [0, 0.1) is 6.92 Å². The van der Waals surface area contributed by atoms with E-state index in [1.165, 1.54) is 6.08 Å². The number of ether oxygens (including phenoxy) is 2. The van der Waals surface area contributed by atoms with Gasteiger partial charge in [0.05, 0.1) is 4.90 Å². The molecule has 31 heavy (non-hydrogen) atoms. The topological polar surface area (TPSA) is 93.7 Å². The van der Waals surface area contributed by atoms with Crippen LogP contribution in [-0.4, -0.2) is 21.1 Å². The molecule has 0 spiro atoms. The Morgan fingerprint density at radius 3 is 2.32 bits per heavy atom. The van der Waals surface area contributed by atoms with Gasteiger partial charge in [-0.2, -0.15) is 0 Å². The molecule has 0 aromatic heterocycles. The van der Waals surface area contributed by atoms with Crippen LogP contribution in [0.15, 0.2) is 77.7 Å². The fraction of sp³-hybridized carbons (Fsp3) is 0.0870. The summed E-state index contributed by atoms with van der Waals surface area (Å²) in [6.45, 7) is 2.08. The van der Waals surface area contributed by atoms with E-state index in [1.54, 1.807) is 66.7 Å². The van der Waals surface area contributed by atoms with Crippen LogP contribution in [-0.2, 0) is 14.8 Å². The van der Waals surface area contributed by atoms with Crippen molar-refractivity contribution in [1.82, 2.24) is 0 Å². The highest BCUT2D eigenvalue weighted by Gasteiger charge is 2.14. The minimum absolute atomic E-state index is 0.184. The second-order valence-corrected chi connectivity index (χ2v) is 8.61. The summed E-state index contributed by atoms with van der Waals surface area (Å²) >= 11 is 0. The molecule has 3 aromatic carbocycles. The van der Waals surface area contributed by atoms with Gasteiger partial charge in [-0.15, -0.1) is 0 Å². The second-order valence-electron chi connectivity index (χ2n) is 6.93. The molecule has 0 saturated carbocycles. The molecule has 0 saturated heterocycles. The van der Waals surface area contributed by atoms with Crippen molar-refractivity contribution in [2.45, 2.75) is 11.8 Å². The fourth-order valence-electron chi connectivity index (χ4n) is 2.93. The van der Waals surface area contributed by atoms with Crippen molar-refractivity contribution in [3.8, 4) is 11.5 Å². The highest BCUT2D eigenvalue weighted by atomic mass is 32.2. The van der Waals surface area contributed by atoms with Gasteiger partial charge in [-0.05, 0) is 67.1 Å². The molecule has 1 aliphatic heterocycles. The molecule has 4 rings (SSSR count). The number of anilines is 2. The normalized spacial score (nSPS) is 12.7. The number of rotatable bonds is 6. The molecule has 0 fully saturated rings. The van der Waals surface area contributed by atoms with E-state index >= 15 is 0 Å². The first-order chi connectivity index (χ1) is 14.9. The molecule has 2 N–H and O–H groups in total. The van der Waals surface area contributed by atoms with Gasteiger partial charge >= 0.3 is 0 Å². The summed E-state index contributed by atoms with van der Waals surface area (Å²) in [5.41, 5.74) is 2.72. The highest BCUT2D eigenvalue weighted by Crippen LogP contribution is 2.32. The number of aryl methyl sites for hydroxylation is 1. The number of carbonyl (C=O) groups excluding carboxylic acids is 1. The Labute approximate surface area is 180 Å². The lowest BCUT2D eigenvalue weighted by atomic mass is 10.2. The molecule has 3 aromatic rings. The highest BCUT2D eigenvalue weighted by molar-refractivity contribution is 7.92. The summed E-state index contributed by atoms with van der Waals surface area (Å²) in [7, 11) is -3.68. The van der Waals surface area contributed by atoms with E-state index in [4.69, 9.17) is 9.47 Å². The van der Waals surface area contributed by atoms with Crippen LogP contribution >= 0.6 is 0 Å². The van der Waals surface area contributed by atoms with Crippen molar-refractivity contribution >= 4 is 33.4 Å². The first-order valence-electron chi connectivity index (χ1n) is 9.47. The summed E-state index contributed by atoms with van der Waals surface area (Å²) < 4.78 is 38.0. The van der Waals surface area contributed by atoms with Crippen LogP contribution in [0.4, 0.5) is 11.4 Å². The van der Waals surface area contributed by atoms with Gasteiger partial charge in [0.25, 0.3) is 10.0 Å². The Balaban J connectivity index is 1.37. The molecule has 1 amide bonds. The summed E-state index contributed by atoms with van der Waals surface area (Å²) in [6, 6.07) is 18.4. The monoisotopic (exact) mass is 436 g/mol. The molecular weight excluding hydrogens is 416 g/mol. The maximum atomic E-state index is 12.5. The zero-order valence-corrected chi connectivity index (χ0v) is 17.5. The summed E-state index contributed by atoms with van der Waals surface area (Å²) in [4.78, 5) is 12.4. The quantitative estimate of drug-likeness (QED) is 0.566. The van der Waals surface area contributed by atoms with E-state index in [0.717, 1.165) is 11.1 Å². The molecule has 158 valence electrons. The van der Waals surface area contributed by atoms with Crippen LogP contribution < -0.4 is 19.5 Å². The van der Waals surface area contributed by atoms with Crippen molar-refractivity contribution in [3.05, 3.63) is 83.9 Å². The molecule has 0 atom stereocenters. The van der Waals surface area contributed by atoms with E-state index in [-0.39, 0.29) is 17.6 Å². The van der Waals surface area contributed by atoms with E-state index in [2.05, 4.69) is 10.0 Å². The third kappa shape index (κ3) is 5.04. The lowest BCUT2D eigenvalue weighted by Gasteiger charge is -2.09. The van der Waals surface area contributed by atoms with Crippen molar-refractivity contribution in [3.63, 3.8) is 0 Å². The molecule has 7 nitrogen and oxygen atoms in total. The van der Waals surface area contributed by atoms with Gasteiger partial charge in [-0.3, -0.25) is 9.52 Å². The third-order valence-electron chi connectivity index (χ3n) is 4.56. The van der Waals surface area contributed by atoms with Crippen LogP contribution in [0.1, 0.15) is 11.1 Å². The van der Waals surface area contributed by atoms with Crippen LogP contribution in [0.5, 0.6) is 11.5 Å². The predicted octanol–water partition coefficient (Wildman–Crippen LogP) is 4.18. The Bertz CT molecular complexity index is 1230. The number of hydrogen-bond donors (Lipinski definition) is 2. The zero-order chi connectivity index (χ0) is 21.8. The van der Waals surface area contributed by atoms with Crippen LogP contribution in [0.2, 0.25) is 0 Å². The minimum atomic E-state index is -3.68. The van der Waals surface area contributed by atoms with E-state index in [0.29, 0.717) is 22.9 Å². The van der Waals surface area contributed by atoms with Crippen molar-refractivity contribution in [2.75, 3.05) is 16.8 Å². The summed E-state index contributed by atoms with van der Waals surface area (Å²) in [6.07, 6.45) is 3.08. The zero-order valence-electron chi connectivity index (χ0n) is 16.7. The summed E-state index contributed by atoms with van der Waals surface area (Å²) in [5.74, 6) is 1.01. The number of sulfonamides is 1. The lowest BCUT2D eigenvalue weighted by molar-refractivity contribution is -0.111. The summed E-state index contributed by atoms with van der Waals surface area (Å²) in [5, 5.41) is 2.73. The van der Waals surface area contributed by atoms with Crippen molar-refractivity contribution < 1.29 is 22.7 Å². The van der Waals surface area contributed by atoms with Crippen LogP contribution in [0.25, 0.3) is 6.08 Å². The largest absolute Gasteiger partial charge is 0.454 e. The average Bonchev–Trinajstić information content (AvgIpc) is 3.22. The van der Waals surface area contributed by atoms with E-state index < -0.39 is 10.0 Å². The number of amides is 1. The lowest BCUT2D eigenvalue weighted by Crippen LogP contribution is -2.13. The first kappa shape index (κ1) is 20.5. The smallest absolute Gasteiger partial charge is 0.261 e. The number of fused-ring (bicyclic) bond motifs is 1. The fourth-order valence-corrected chi connectivity index (χ4v) is 3.98. The van der Waals surface area contributed by atoms with E-state index in [9.17, 15) is 13.2 Å². The van der Waals surface area contributed by atoms with Gasteiger partial charge in [-0.1, -0.05) is 23.8 Å². The van der Waals surface area contributed by atoms with Crippen molar-refractivity contribution in [1.29, 1.82) is 0 Å². The molecule has 1 heterocycles.